The monoisotopic (exact) mass is 355 g/mol. The summed E-state index contributed by atoms with van der Waals surface area (Å²) in [7, 11) is 0. The molecule has 0 aliphatic heterocycles. The second-order valence-electron chi connectivity index (χ2n) is 7.08. The molecule has 27 heavy (non-hydrogen) atoms. The highest BCUT2D eigenvalue weighted by Crippen LogP contribution is 2.20. The second kappa shape index (κ2) is 10.5. The van der Waals surface area contributed by atoms with Gasteiger partial charge in [0.25, 0.3) is 0 Å². The summed E-state index contributed by atoms with van der Waals surface area (Å²) in [5.41, 5.74) is 4.13. The Kier molecular flexibility index (Phi) is 7.44. The SMILES string of the molecule is C=CCC(CCc1ccccc1)N(Cc1ccccc1)Cc1ccccc1. The van der Waals surface area contributed by atoms with Gasteiger partial charge in [-0.1, -0.05) is 97.1 Å². The average Bonchev–Trinajstić information content (AvgIpc) is 2.73. The second-order valence-corrected chi connectivity index (χ2v) is 7.08. The Labute approximate surface area is 164 Å². The summed E-state index contributed by atoms with van der Waals surface area (Å²) in [5, 5.41) is 0. The summed E-state index contributed by atoms with van der Waals surface area (Å²) in [6.07, 6.45) is 5.31. The number of rotatable bonds is 10. The first-order valence-corrected chi connectivity index (χ1v) is 9.82. The van der Waals surface area contributed by atoms with Crippen LogP contribution in [0.3, 0.4) is 0 Å². The van der Waals surface area contributed by atoms with Crippen molar-refractivity contribution in [3.8, 4) is 0 Å². The molecular formula is C26H29N. The van der Waals surface area contributed by atoms with Crippen LogP contribution in [0, 0.1) is 0 Å². The van der Waals surface area contributed by atoms with Gasteiger partial charge in [-0.25, -0.2) is 0 Å². The van der Waals surface area contributed by atoms with Crippen molar-refractivity contribution in [3.05, 3.63) is 120 Å². The van der Waals surface area contributed by atoms with Gasteiger partial charge in [0.1, 0.15) is 0 Å². The normalized spacial score (nSPS) is 12.0. The standard InChI is InChI=1S/C26H29N/c1-2-12-26(20-19-23-13-6-3-7-14-23)27(21-24-15-8-4-9-16-24)22-25-17-10-5-11-18-25/h2-11,13-18,26H,1,12,19-22H2. The van der Waals surface area contributed by atoms with Gasteiger partial charge in [-0.05, 0) is 36.0 Å². The van der Waals surface area contributed by atoms with Crippen LogP contribution in [0.2, 0.25) is 0 Å². The van der Waals surface area contributed by atoms with E-state index >= 15 is 0 Å². The fraction of sp³-hybridized carbons (Fsp3) is 0.231. The summed E-state index contributed by atoms with van der Waals surface area (Å²) in [4.78, 5) is 2.61. The molecule has 0 saturated heterocycles. The summed E-state index contributed by atoms with van der Waals surface area (Å²) in [6, 6.07) is 32.8. The van der Waals surface area contributed by atoms with E-state index in [4.69, 9.17) is 0 Å². The third-order valence-corrected chi connectivity index (χ3v) is 5.02. The fourth-order valence-corrected chi connectivity index (χ4v) is 3.57. The van der Waals surface area contributed by atoms with Gasteiger partial charge in [-0.15, -0.1) is 6.58 Å². The molecule has 0 saturated carbocycles. The average molecular weight is 356 g/mol. The number of benzene rings is 3. The summed E-state index contributed by atoms with van der Waals surface area (Å²) in [6.45, 7) is 5.95. The van der Waals surface area contributed by atoms with Crippen LogP contribution in [-0.2, 0) is 19.5 Å². The van der Waals surface area contributed by atoms with Gasteiger partial charge in [0.15, 0.2) is 0 Å². The quantitative estimate of drug-likeness (QED) is 0.388. The highest BCUT2D eigenvalue weighted by Gasteiger charge is 2.18. The van der Waals surface area contributed by atoms with Crippen LogP contribution in [0.15, 0.2) is 104 Å². The number of nitrogens with zero attached hydrogens (tertiary/aromatic N) is 1. The maximum atomic E-state index is 4.03. The van der Waals surface area contributed by atoms with E-state index in [9.17, 15) is 0 Å². The van der Waals surface area contributed by atoms with Gasteiger partial charge in [-0.2, -0.15) is 0 Å². The number of aryl methyl sites for hydroxylation is 1. The van der Waals surface area contributed by atoms with E-state index in [0.717, 1.165) is 32.4 Å². The maximum absolute atomic E-state index is 4.03. The lowest BCUT2D eigenvalue weighted by Gasteiger charge is -2.32. The lowest BCUT2D eigenvalue weighted by molar-refractivity contribution is 0.169. The Morgan fingerprint density at radius 3 is 1.56 bits per heavy atom. The molecule has 138 valence electrons. The van der Waals surface area contributed by atoms with Crippen molar-refractivity contribution in [1.82, 2.24) is 4.90 Å². The molecule has 0 aliphatic carbocycles. The molecule has 3 aromatic carbocycles. The highest BCUT2D eigenvalue weighted by atomic mass is 15.1. The first-order chi connectivity index (χ1) is 13.3. The van der Waals surface area contributed by atoms with E-state index in [0.29, 0.717) is 6.04 Å². The third kappa shape index (κ3) is 6.23. The van der Waals surface area contributed by atoms with Crippen LogP contribution in [0.5, 0.6) is 0 Å². The van der Waals surface area contributed by atoms with Crippen LogP contribution in [0.1, 0.15) is 29.5 Å². The van der Waals surface area contributed by atoms with Gasteiger partial charge in [0, 0.05) is 19.1 Å². The van der Waals surface area contributed by atoms with Crippen molar-refractivity contribution >= 4 is 0 Å². The predicted molar refractivity (Wildman–Crippen MR) is 115 cm³/mol. The Morgan fingerprint density at radius 2 is 1.11 bits per heavy atom. The van der Waals surface area contributed by atoms with E-state index in [1.165, 1.54) is 16.7 Å². The molecule has 0 bridgehead atoms. The van der Waals surface area contributed by atoms with Gasteiger partial charge >= 0.3 is 0 Å². The Bertz CT molecular complexity index is 739. The van der Waals surface area contributed by atoms with E-state index in [1.807, 2.05) is 0 Å². The van der Waals surface area contributed by atoms with Crippen LogP contribution in [0.4, 0.5) is 0 Å². The van der Waals surface area contributed by atoms with Crippen molar-refractivity contribution in [2.24, 2.45) is 0 Å². The third-order valence-electron chi connectivity index (χ3n) is 5.02. The molecule has 3 rings (SSSR count). The first kappa shape index (κ1) is 19.1. The lowest BCUT2D eigenvalue weighted by atomic mass is 10.00. The summed E-state index contributed by atoms with van der Waals surface area (Å²) < 4.78 is 0. The minimum atomic E-state index is 0.475. The molecule has 0 spiro atoms. The predicted octanol–water partition coefficient (Wildman–Crippen LogP) is 6.27. The van der Waals surface area contributed by atoms with E-state index in [1.54, 1.807) is 0 Å². The molecule has 1 atom stereocenters. The molecule has 0 amide bonds. The Balaban J connectivity index is 1.76. The number of hydrogen-bond donors (Lipinski definition) is 0. The summed E-state index contributed by atoms with van der Waals surface area (Å²) >= 11 is 0. The van der Waals surface area contributed by atoms with Crippen molar-refractivity contribution in [3.63, 3.8) is 0 Å². The molecule has 0 fully saturated rings. The zero-order chi connectivity index (χ0) is 18.7. The van der Waals surface area contributed by atoms with Gasteiger partial charge in [0.2, 0.25) is 0 Å². The van der Waals surface area contributed by atoms with Crippen LogP contribution < -0.4 is 0 Å². The summed E-state index contributed by atoms with van der Waals surface area (Å²) in [5.74, 6) is 0. The molecule has 1 unspecified atom stereocenters. The minimum Gasteiger partial charge on any atom is -0.292 e. The highest BCUT2D eigenvalue weighted by molar-refractivity contribution is 5.18. The van der Waals surface area contributed by atoms with E-state index in [2.05, 4.69) is 109 Å². The van der Waals surface area contributed by atoms with Crippen molar-refractivity contribution in [1.29, 1.82) is 0 Å². The van der Waals surface area contributed by atoms with Crippen molar-refractivity contribution in [2.75, 3.05) is 0 Å². The van der Waals surface area contributed by atoms with E-state index in [-0.39, 0.29) is 0 Å². The Morgan fingerprint density at radius 1 is 0.667 bits per heavy atom. The zero-order valence-electron chi connectivity index (χ0n) is 16.0. The smallest absolute Gasteiger partial charge is 0.0240 e. The number of hydrogen-bond acceptors (Lipinski definition) is 1. The van der Waals surface area contributed by atoms with Gasteiger partial charge in [-0.3, -0.25) is 4.90 Å². The minimum absolute atomic E-state index is 0.475. The van der Waals surface area contributed by atoms with Gasteiger partial charge < -0.3 is 0 Å². The molecule has 0 aromatic heterocycles. The molecule has 0 aliphatic rings. The molecule has 0 N–H and O–H groups in total. The molecule has 0 radical (unpaired) electrons. The zero-order valence-corrected chi connectivity index (χ0v) is 16.0. The van der Waals surface area contributed by atoms with Crippen LogP contribution in [-0.4, -0.2) is 10.9 Å². The molecule has 0 heterocycles. The van der Waals surface area contributed by atoms with Crippen LogP contribution in [0.25, 0.3) is 0 Å². The van der Waals surface area contributed by atoms with Gasteiger partial charge in [0.05, 0.1) is 0 Å². The van der Waals surface area contributed by atoms with Crippen molar-refractivity contribution in [2.45, 2.75) is 38.4 Å². The Hall–Kier alpha value is -2.64. The molecular weight excluding hydrogens is 326 g/mol. The lowest BCUT2D eigenvalue weighted by Crippen LogP contribution is -2.34. The fourth-order valence-electron chi connectivity index (χ4n) is 3.57. The largest absolute Gasteiger partial charge is 0.292 e. The molecule has 1 nitrogen and oxygen atoms in total. The topological polar surface area (TPSA) is 3.24 Å². The van der Waals surface area contributed by atoms with Crippen molar-refractivity contribution < 1.29 is 0 Å². The molecule has 1 heteroatoms. The first-order valence-electron chi connectivity index (χ1n) is 9.82. The molecule has 3 aromatic rings. The van der Waals surface area contributed by atoms with Crippen LogP contribution >= 0.6 is 0 Å². The van der Waals surface area contributed by atoms with E-state index < -0.39 is 0 Å². The maximum Gasteiger partial charge on any atom is 0.0240 e.